The first-order valence-corrected chi connectivity index (χ1v) is 11.1. The maximum atomic E-state index is 12.9. The number of nitrogens with two attached hydrogens (primary N) is 1. The SMILES string of the molecule is CC(c1oc(=O)c2ccccc2c1C1=CCN(C)CC1)n1nc(I)c2c(N)ncnc21.Cl. The number of aromatic nitrogens is 4. The molecule has 3 aromatic heterocycles. The van der Waals surface area contributed by atoms with Crippen LogP contribution < -0.4 is 11.4 Å². The van der Waals surface area contributed by atoms with E-state index in [4.69, 9.17) is 10.2 Å². The molecule has 2 N–H and O–H groups in total. The molecule has 0 radical (unpaired) electrons. The number of halogens is 2. The fourth-order valence-electron chi connectivity index (χ4n) is 4.17. The van der Waals surface area contributed by atoms with E-state index >= 15 is 0 Å². The van der Waals surface area contributed by atoms with Crippen molar-refractivity contribution in [3.8, 4) is 0 Å². The molecule has 1 unspecified atom stereocenters. The van der Waals surface area contributed by atoms with Gasteiger partial charge in [0.2, 0.25) is 0 Å². The molecule has 0 fully saturated rings. The molecule has 1 aromatic carbocycles. The highest BCUT2D eigenvalue weighted by Gasteiger charge is 2.27. The van der Waals surface area contributed by atoms with Crippen molar-refractivity contribution in [3.05, 3.63) is 62.1 Å². The van der Waals surface area contributed by atoms with Gasteiger partial charge in [-0.3, -0.25) is 0 Å². The highest BCUT2D eigenvalue weighted by Crippen LogP contribution is 2.36. The zero-order chi connectivity index (χ0) is 21.7. The van der Waals surface area contributed by atoms with Crippen molar-refractivity contribution in [2.24, 2.45) is 0 Å². The van der Waals surface area contributed by atoms with Crippen LogP contribution >= 0.6 is 35.0 Å². The lowest BCUT2D eigenvalue weighted by Crippen LogP contribution is -2.24. The maximum Gasteiger partial charge on any atom is 0.343 e. The van der Waals surface area contributed by atoms with Crippen molar-refractivity contribution < 1.29 is 4.42 Å². The highest BCUT2D eigenvalue weighted by atomic mass is 127. The van der Waals surface area contributed by atoms with E-state index in [1.807, 2.05) is 31.2 Å². The second-order valence-corrected chi connectivity index (χ2v) is 8.81. The van der Waals surface area contributed by atoms with Crippen LogP contribution in [0, 0.1) is 3.70 Å². The molecule has 1 aliphatic rings. The van der Waals surface area contributed by atoms with Crippen LogP contribution in [0.2, 0.25) is 0 Å². The van der Waals surface area contributed by atoms with Crippen LogP contribution in [0.3, 0.4) is 0 Å². The number of anilines is 1. The van der Waals surface area contributed by atoms with Crippen molar-refractivity contribution in [3.63, 3.8) is 0 Å². The summed E-state index contributed by atoms with van der Waals surface area (Å²) in [6.45, 7) is 3.76. The summed E-state index contributed by atoms with van der Waals surface area (Å²) in [4.78, 5) is 23.6. The zero-order valence-electron chi connectivity index (χ0n) is 17.6. The van der Waals surface area contributed by atoms with Gasteiger partial charge in [0.15, 0.2) is 5.65 Å². The van der Waals surface area contributed by atoms with Gasteiger partial charge in [-0.2, -0.15) is 5.10 Å². The third-order valence-electron chi connectivity index (χ3n) is 5.82. The molecule has 166 valence electrons. The first-order chi connectivity index (χ1) is 15.0. The Kier molecular flexibility index (Phi) is 6.24. The van der Waals surface area contributed by atoms with Crippen LogP contribution in [0.25, 0.3) is 27.4 Å². The summed E-state index contributed by atoms with van der Waals surface area (Å²) in [6, 6.07) is 7.25. The first kappa shape index (κ1) is 22.7. The van der Waals surface area contributed by atoms with Gasteiger partial charge in [-0.15, -0.1) is 12.4 Å². The van der Waals surface area contributed by atoms with E-state index in [1.165, 1.54) is 11.9 Å². The molecular formula is C22H22ClIN6O2. The summed E-state index contributed by atoms with van der Waals surface area (Å²) in [5, 5.41) is 6.86. The number of nitrogen functional groups attached to an aromatic ring is 1. The summed E-state index contributed by atoms with van der Waals surface area (Å²) in [5.74, 6) is 0.962. The van der Waals surface area contributed by atoms with Crippen molar-refractivity contribution in [2.45, 2.75) is 19.4 Å². The fourth-order valence-corrected chi connectivity index (χ4v) is 4.92. The number of nitrogens with zero attached hydrogens (tertiary/aromatic N) is 5. The standard InChI is InChI=1S/C22H21IN6O2.ClH/c1-12(29-21-17(19(23)27-29)20(24)25-11-26-21)18-16(13-7-9-28(2)10-8-13)14-5-3-4-6-15(14)22(30)31-18;/h3-7,11-12H,8-10H2,1-2H3,(H2,24,25,26);1H. The smallest absolute Gasteiger partial charge is 0.343 e. The molecular weight excluding hydrogens is 543 g/mol. The third-order valence-corrected chi connectivity index (χ3v) is 6.58. The molecule has 1 aliphatic heterocycles. The Morgan fingerprint density at radius 3 is 2.69 bits per heavy atom. The lowest BCUT2D eigenvalue weighted by Gasteiger charge is -2.25. The molecule has 4 heterocycles. The molecule has 1 atom stereocenters. The predicted octanol–water partition coefficient (Wildman–Crippen LogP) is 3.87. The van der Waals surface area contributed by atoms with Crippen LogP contribution in [0.15, 0.2) is 45.9 Å². The number of likely N-dealkylation sites (N-methyl/N-ethyl adjacent to an activating group) is 1. The minimum atomic E-state index is -0.367. The lowest BCUT2D eigenvalue weighted by molar-refractivity contribution is 0.368. The van der Waals surface area contributed by atoms with Crippen molar-refractivity contribution in [1.82, 2.24) is 24.6 Å². The summed E-state index contributed by atoms with van der Waals surface area (Å²) < 4.78 is 8.43. The normalized spacial score (nSPS) is 15.5. The molecule has 0 saturated heterocycles. The van der Waals surface area contributed by atoms with E-state index < -0.39 is 0 Å². The van der Waals surface area contributed by atoms with Gasteiger partial charge in [-0.1, -0.05) is 24.3 Å². The van der Waals surface area contributed by atoms with Gasteiger partial charge in [-0.25, -0.2) is 19.4 Å². The summed E-state index contributed by atoms with van der Waals surface area (Å²) in [6.07, 6.45) is 4.52. The van der Waals surface area contributed by atoms with Gasteiger partial charge in [0.25, 0.3) is 0 Å². The average molecular weight is 565 g/mol. The van der Waals surface area contributed by atoms with Gasteiger partial charge < -0.3 is 15.1 Å². The van der Waals surface area contributed by atoms with Gasteiger partial charge in [0.1, 0.15) is 27.6 Å². The molecule has 10 heteroatoms. The Morgan fingerprint density at radius 2 is 1.97 bits per heavy atom. The predicted molar refractivity (Wildman–Crippen MR) is 136 cm³/mol. The Hall–Kier alpha value is -2.50. The van der Waals surface area contributed by atoms with Crippen molar-refractivity contribution in [1.29, 1.82) is 0 Å². The molecule has 4 aromatic rings. The van der Waals surface area contributed by atoms with E-state index in [2.05, 4.69) is 55.7 Å². The molecule has 0 spiro atoms. The first-order valence-electron chi connectivity index (χ1n) is 10.0. The molecule has 8 nitrogen and oxygen atoms in total. The summed E-state index contributed by atoms with van der Waals surface area (Å²) >= 11 is 2.13. The Bertz CT molecular complexity index is 1410. The number of hydrogen-bond donors (Lipinski definition) is 1. The number of fused-ring (bicyclic) bond motifs is 2. The minimum Gasteiger partial charge on any atom is -0.424 e. The van der Waals surface area contributed by atoms with Crippen LogP contribution in [-0.2, 0) is 0 Å². The Labute approximate surface area is 204 Å². The Balaban J connectivity index is 0.00000245. The van der Waals surface area contributed by atoms with Crippen LogP contribution in [-0.4, -0.2) is 44.8 Å². The topological polar surface area (TPSA) is 103 Å². The average Bonchev–Trinajstić information content (AvgIpc) is 3.12. The molecule has 0 bridgehead atoms. The van der Waals surface area contributed by atoms with Crippen LogP contribution in [0.4, 0.5) is 5.82 Å². The quantitative estimate of drug-likeness (QED) is 0.377. The monoisotopic (exact) mass is 564 g/mol. The molecule has 0 saturated carbocycles. The van der Waals surface area contributed by atoms with Crippen molar-refractivity contribution in [2.75, 3.05) is 25.9 Å². The second-order valence-electron chi connectivity index (χ2n) is 7.78. The van der Waals surface area contributed by atoms with Gasteiger partial charge >= 0.3 is 5.63 Å². The zero-order valence-corrected chi connectivity index (χ0v) is 20.6. The molecule has 32 heavy (non-hydrogen) atoms. The van der Waals surface area contributed by atoms with E-state index in [0.29, 0.717) is 31.7 Å². The van der Waals surface area contributed by atoms with E-state index in [-0.39, 0.29) is 24.1 Å². The highest BCUT2D eigenvalue weighted by molar-refractivity contribution is 14.1. The summed E-state index contributed by atoms with van der Waals surface area (Å²) in [5.41, 5.74) is 8.48. The van der Waals surface area contributed by atoms with Gasteiger partial charge in [-0.05, 0) is 60.0 Å². The fraction of sp³-hybridized carbons (Fsp3) is 0.273. The number of hydrogen-bond acceptors (Lipinski definition) is 7. The van der Waals surface area contributed by atoms with Crippen molar-refractivity contribution >= 4 is 68.2 Å². The van der Waals surface area contributed by atoms with E-state index in [9.17, 15) is 4.79 Å². The number of benzene rings is 1. The number of rotatable bonds is 3. The second kappa shape index (κ2) is 8.80. The summed E-state index contributed by atoms with van der Waals surface area (Å²) in [7, 11) is 2.10. The third kappa shape index (κ3) is 3.67. The maximum absolute atomic E-state index is 12.9. The Morgan fingerprint density at radius 1 is 1.22 bits per heavy atom. The minimum absolute atomic E-state index is 0. The van der Waals surface area contributed by atoms with Crippen LogP contribution in [0.1, 0.15) is 30.7 Å². The van der Waals surface area contributed by atoms with E-state index in [0.717, 1.165) is 30.5 Å². The van der Waals surface area contributed by atoms with Crippen LogP contribution in [0.5, 0.6) is 0 Å². The molecule has 5 rings (SSSR count). The largest absolute Gasteiger partial charge is 0.424 e. The van der Waals surface area contributed by atoms with Gasteiger partial charge in [0, 0.05) is 18.7 Å². The molecule has 0 aliphatic carbocycles. The lowest BCUT2D eigenvalue weighted by atomic mass is 9.92. The van der Waals surface area contributed by atoms with E-state index in [1.54, 1.807) is 4.68 Å². The van der Waals surface area contributed by atoms with Gasteiger partial charge in [0.05, 0.1) is 10.8 Å². The molecule has 0 amide bonds.